The Morgan fingerprint density at radius 3 is 2.41 bits per heavy atom. The van der Waals surface area contributed by atoms with E-state index >= 15 is 0 Å². The van der Waals surface area contributed by atoms with Gasteiger partial charge in [-0.15, -0.1) is 11.3 Å². The molecule has 1 saturated carbocycles. The highest BCUT2D eigenvalue weighted by molar-refractivity contribution is 7.14. The van der Waals surface area contributed by atoms with Crippen molar-refractivity contribution in [2.45, 2.75) is 65.5 Å². The number of hydrogen-bond donors (Lipinski definition) is 2. The number of ketones is 1. The molecule has 176 valence electrons. The molecule has 1 unspecified atom stereocenters. The van der Waals surface area contributed by atoms with Crippen molar-refractivity contribution < 1.29 is 9.59 Å². The Balaban J connectivity index is 1.67. The molecule has 0 spiro atoms. The zero-order valence-corrected chi connectivity index (χ0v) is 21.0. The molecule has 7 nitrogen and oxygen atoms in total. The normalized spacial score (nSPS) is 24.0. The maximum Gasteiger partial charge on any atom is 0.252 e. The van der Waals surface area contributed by atoms with Crippen molar-refractivity contribution in [3.8, 4) is 0 Å². The van der Waals surface area contributed by atoms with Gasteiger partial charge in [-0.05, 0) is 73.0 Å². The fraction of sp³-hybridized carbons (Fsp3) is 0.625. The van der Waals surface area contributed by atoms with Crippen LogP contribution in [0.1, 0.15) is 62.4 Å². The first-order valence-electron chi connectivity index (χ1n) is 11.5. The average molecular weight is 460 g/mol. The standard InChI is InChI=1S/C24H37N5O2S/c1-7-29(18-10-8-17(9-11-18)28(5)6)24-14(2)20(13-32-24)23(31)26-12-19-15(3)27-16(4)21(25)22(19)30/h13,17-19H,7-12,25H2,1-6H3,(H,26,31). The van der Waals surface area contributed by atoms with Crippen molar-refractivity contribution >= 4 is 33.7 Å². The molecule has 1 aromatic rings. The number of nitrogens with zero attached hydrogens (tertiary/aromatic N) is 3. The van der Waals surface area contributed by atoms with E-state index in [2.05, 4.69) is 41.1 Å². The fourth-order valence-electron chi connectivity index (χ4n) is 4.86. The van der Waals surface area contributed by atoms with E-state index in [1.807, 2.05) is 19.2 Å². The summed E-state index contributed by atoms with van der Waals surface area (Å²) in [5.41, 5.74) is 8.99. The zero-order chi connectivity index (χ0) is 23.6. The number of amides is 1. The molecule has 1 aliphatic heterocycles. The van der Waals surface area contributed by atoms with Crippen molar-refractivity contribution in [3.63, 3.8) is 0 Å². The summed E-state index contributed by atoms with van der Waals surface area (Å²) in [5.74, 6) is -0.814. The van der Waals surface area contributed by atoms with Crippen LogP contribution in [-0.2, 0) is 4.79 Å². The van der Waals surface area contributed by atoms with E-state index in [4.69, 9.17) is 5.73 Å². The molecule has 1 aromatic heterocycles. The minimum Gasteiger partial charge on any atom is -0.394 e. The molecule has 1 aliphatic carbocycles. The predicted octanol–water partition coefficient (Wildman–Crippen LogP) is 3.34. The molecule has 1 fully saturated rings. The quantitative estimate of drug-likeness (QED) is 0.653. The maximum absolute atomic E-state index is 13.0. The van der Waals surface area contributed by atoms with Crippen LogP contribution in [0.15, 0.2) is 21.8 Å². The van der Waals surface area contributed by atoms with Crippen LogP contribution in [0.5, 0.6) is 0 Å². The number of nitrogens with two attached hydrogens (primary N) is 1. The highest BCUT2D eigenvalue weighted by Gasteiger charge is 2.31. The molecule has 2 heterocycles. The average Bonchev–Trinajstić information content (AvgIpc) is 3.14. The van der Waals surface area contributed by atoms with Crippen LogP contribution in [0.3, 0.4) is 0 Å². The van der Waals surface area contributed by atoms with Crippen LogP contribution < -0.4 is 16.0 Å². The van der Waals surface area contributed by atoms with Gasteiger partial charge in [-0.1, -0.05) is 0 Å². The van der Waals surface area contributed by atoms with E-state index in [0.29, 0.717) is 29.1 Å². The van der Waals surface area contributed by atoms with Gasteiger partial charge in [-0.3, -0.25) is 14.6 Å². The van der Waals surface area contributed by atoms with Crippen LogP contribution in [0.2, 0.25) is 0 Å². The summed E-state index contributed by atoms with van der Waals surface area (Å²) >= 11 is 1.64. The van der Waals surface area contributed by atoms with Gasteiger partial charge >= 0.3 is 0 Å². The van der Waals surface area contributed by atoms with Gasteiger partial charge in [0, 0.05) is 36.3 Å². The molecule has 0 radical (unpaired) electrons. The van der Waals surface area contributed by atoms with Gasteiger partial charge in [0.15, 0.2) is 5.78 Å². The summed E-state index contributed by atoms with van der Waals surface area (Å²) in [7, 11) is 4.33. The Hall–Kier alpha value is -2.19. The Bertz CT molecular complexity index is 923. The van der Waals surface area contributed by atoms with Crippen molar-refractivity contribution in [3.05, 3.63) is 27.9 Å². The Morgan fingerprint density at radius 2 is 1.81 bits per heavy atom. The zero-order valence-electron chi connectivity index (χ0n) is 20.2. The second-order valence-electron chi connectivity index (χ2n) is 9.17. The number of carbonyl (C=O) groups excluding carboxylic acids is 2. The number of thiophene rings is 1. The molecule has 3 N–H and O–H groups in total. The fourth-order valence-corrected chi connectivity index (χ4v) is 6.07. The molecule has 0 saturated heterocycles. The predicted molar refractivity (Wildman–Crippen MR) is 133 cm³/mol. The summed E-state index contributed by atoms with van der Waals surface area (Å²) in [6, 6.07) is 1.18. The lowest BCUT2D eigenvalue weighted by Crippen LogP contribution is -2.42. The van der Waals surface area contributed by atoms with E-state index in [0.717, 1.165) is 12.1 Å². The van der Waals surface area contributed by atoms with Gasteiger partial charge in [0.2, 0.25) is 0 Å². The first-order chi connectivity index (χ1) is 15.1. The topological polar surface area (TPSA) is 91.0 Å². The van der Waals surface area contributed by atoms with Gasteiger partial charge in [0.1, 0.15) is 0 Å². The molecule has 0 aromatic carbocycles. The molecule has 8 heteroatoms. The molecule has 3 rings (SSSR count). The lowest BCUT2D eigenvalue weighted by atomic mass is 9.89. The number of aliphatic imine (C=N–C) groups is 1. The van der Waals surface area contributed by atoms with E-state index in [1.54, 1.807) is 18.3 Å². The third-order valence-corrected chi connectivity index (χ3v) is 8.10. The molecule has 1 amide bonds. The lowest BCUT2D eigenvalue weighted by Gasteiger charge is -2.39. The molecule has 0 bridgehead atoms. The summed E-state index contributed by atoms with van der Waals surface area (Å²) in [4.78, 5) is 34.6. The van der Waals surface area contributed by atoms with Gasteiger partial charge in [0.25, 0.3) is 5.91 Å². The van der Waals surface area contributed by atoms with Crippen molar-refractivity contribution in [1.29, 1.82) is 0 Å². The first-order valence-corrected chi connectivity index (χ1v) is 12.4. The van der Waals surface area contributed by atoms with Crippen LogP contribution in [0.4, 0.5) is 5.00 Å². The molecule has 32 heavy (non-hydrogen) atoms. The number of allylic oxidation sites excluding steroid dienone is 2. The Kier molecular flexibility index (Phi) is 7.77. The van der Waals surface area contributed by atoms with Crippen molar-refractivity contribution in [2.24, 2.45) is 16.6 Å². The minimum atomic E-state index is -0.500. The monoisotopic (exact) mass is 459 g/mol. The number of hydrogen-bond acceptors (Lipinski definition) is 7. The van der Waals surface area contributed by atoms with Gasteiger partial charge < -0.3 is 20.9 Å². The lowest BCUT2D eigenvalue weighted by molar-refractivity contribution is -0.117. The van der Waals surface area contributed by atoms with E-state index in [9.17, 15) is 9.59 Å². The van der Waals surface area contributed by atoms with Crippen molar-refractivity contribution in [2.75, 3.05) is 32.1 Å². The van der Waals surface area contributed by atoms with Gasteiger partial charge in [0.05, 0.1) is 27.9 Å². The summed E-state index contributed by atoms with van der Waals surface area (Å²) in [6.07, 6.45) is 4.76. The third kappa shape index (κ3) is 4.91. The van der Waals surface area contributed by atoms with E-state index in [-0.39, 0.29) is 23.9 Å². The van der Waals surface area contributed by atoms with Crippen LogP contribution in [0.25, 0.3) is 0 Å². The summed E-state index contributed by atoms with van der Waals surface area (Å²) in [5, 5.41) is 6.06. The van der Waals surface area contributed by atoms with Crippen LogP contribution >= 0.6 is 11.3 Å². The number of rotatable bonds is 7. The summed E-state index contributed by atoms with van der Waals surface area (Å²) in [6.45, 7) is 8.89. The second-order valence-corrected chi connectivity index (χ2v) is 10.0. The highest BCUT2D eigenvalue weighted by atomic mass is 32.1. The number of anilines is 1. The van der Waals surface area contributed by atoms with Gasteiger partial charge in [-0.2, -0.15) is 0 Å². The van der Waals surface area contributed by atoms with E-state index < -0.39 is 5.92 Å². The number of nitrogens with one attached hydrogen (secondary N) is 1. The van der Waals surface area contributed by atoms with E-state index in [1.165, 1.54) is 30.7 Å². The molecular formula is C24H37N5O2S. The molecule has 1 atom stereocenters. The van der Waals surface area contributed by atoms with Gasteiger partial charge in [-0.25, -0.2) is 0 Å². The summed E-state index contributed by atoms with van der Waals surface area (Å²) < 4.78 is 0. The Labute approximate surface area is 195 Å². The third-order valence-electron chi connectivity index (χ3n) is 6.98. The van der Waals surface area contributed by atoms with Crippen molar-refractivity contribution in [1.82, 2.24) is 10.2 Å². The van der Waals surface area contributed by atoms with Crippen LogP contribution in [0, 0.1) is 12.8 Å². The largest absolute Gasteiger partial charge is 0.394 e. The smallest absolute Gasteiger partial charge is 0.252 e. The minimum absolute atomic E-state index is 0.150. The SMILES string of the molecule is CCN(c1scc(C(=O)NCC2C(=O)C(N)=C(C)N=C2C)c1C)C1CCC(N(C)C)CC1. The Morgan fingerprint density at radius 1 is 1.19 bits per heavy atom. The first kappa shape index (κ1) is 24.5. The molecule has 2 aliphatic rings. The number of Topliss-reactive ketones (excluding diaryl/α,β-unsaturated/α-hetero) is 1. The maximum atomic E-state index is 13.0. The van der Waals surface area contributed by atoms with Crippen LogP contribution in [-0.4, -0.2) is 61.6 Å². The molecular weight excluding hydrogens is 422 g/mol. The second kappa shape index (κ2) is 10.2. The number of carbonyl (C=O) groups is 2. The highest BCUT2D eigenvalue weighted by Crippen LogP contribution is 2.36.